The van der Waals surface area contributed by atoms with E-state index >= 15 is 0 Å². The van der Waals surface area contributed by atoms with Crippen LogP contribution in [-0.4, -0.2) is 34.6 Å². The second kappa shape index (κ2) is 6.82. The predicted octanol–water partition coefficient (Wildman–Crippen LogP) is 2.56. The van der Waals surface area contributed by atoms with Crippen molar-refractivity contribution < 1.29 is 10.0 Å². The molecule has 0 aromatic heterocycles. The number of nitrogens with zero attached hydrogens (tertiary/aromatic N) is 2. The maximum absolute atomic E-state index is 10.9. The molecular weight excluding hydrogens is 300 g/mol. The normalized spacial score (nSPS) is 12.7. The van der Waals surface area contributed by atoms with E-state index in [0.717, 1.165) is 4.47 Å². The summed E-state index contributed by atoms with van der Waals surface area (Å²) in [5.41, 5.74) is 0.796. The molecule has 100 valence electrons. The number of aliphatic hydroxyl groups excluding tert-OH is 1. The van der Waals surface area contributed by atoms with E-state index in [2.05, 4.69) is 15.9 Å². The third-order valence-electron chi connectivity index (χ3n) is 2.61. The Bertz CT molecular complexity index is 424. The standard InChI is InChI=1S/C12H17BrN2O3/c1-9(16)5-6-14(2)8-10-7-11(13)3-4-12(10)15(17)18/h3-4,7,9,16H,5-6,8H2,1-2H3. The number of nitro benzene ring substituents is 1. The predicted molar refractivity (Wildman–Crippen MR) is 73.4 cm³/mol. The first kappa shape index (κ1) is 15.1. The molecule has 1 N–H and O–H groups in total. The molecule has 1 unspecified atom stereocenters. The van der Waals surface area contributed by atoms with Gasteiger partial charge in [0.2, 0.25) is 0 Å². The van der Waals surface area contributed by atoms with Crippen LogP contribution in [0.15, 0.2) is 22.7 Å². The summed E-state index contributed by atoms with van der Waals surface area (Å²) in [4.78, 5) is 12.5. The zero-order valence-electron chi connectivity index (χ0n) is 10.5. The number of aliphatic hydroxyl groups is 1. The summed E-state index contributed by atoms with van der Waals surface area (Å²) in [5.74, 6) is 0. The van der Waals surface area contributed by atoms with Gasteiger partial charge in [0.1, 0.15) is 0 Å². The summed E-state index contributed by atoms with van der Waals surface area (Å²) in [6, 6.07) is 4.93. The smallest absolute Gasteiger partial charge is 0.273 e. The van der Waals surface area contributed by atoms with Crippen LogP contribution in [-0.2, 0) is 6.54 Å². The molecule has 18 heavy (non-hydrogen) atoms. The van der Waals surface area contributed by atoms with E-state index in [4.69, 9.17) is 0 Å². The number of rotatable bonds is 6. The van der Waals surface area contributed by atoms with E-state index in [0.29, 0.717) is 25.1 Å². The molecule has 0 fully saturated rings. The van der Waals surface area contributed by atoms with Crippen LogP contribution >= 0.6 is 15.9 Å². The second-order valence-electron chi connectivity index (χ2n) is 4.41. The van der Waals surface area contributed by atoms with Gasteiger partial charge in [-0.05, 0) is 32.5 Å². The molecule has 1 rings (SSSR count). The average Bonchev–Trinajstić information content (AvgIpc) is 2.26. The Balaban J connectivity index is 2.76. The van der Waals surface area contributed by atoms with Crippen molar-refractivity contribution in [3.05, 3.63) is 38.3 Å². The van der Waals surface area contributed by atoms with Crippen molar-refractivity contribution in [2.24, 2.45) is 0 Å². The molecule has 0 aliphatic rings. The lowest BCUT2D eigenvalue weighted by Gasteiger charge is -2.17. The molecule has 0 bridgehead atoms. The Morgan fingerprint density at radius 1 is 1.56 bits per heavy atom. The molecular formula is C12H17BrN2O3. The summed E-state index contributed by atoms with van der Waals surface area (Å²) in [7, 11) is 1.88. The Morgan fingerprint density at radius 3 is 2.78 bits per heavy atom. The van der Waals surface area contributed by atoms with Gasteiger partial charge < -0.3 is 10.0 Å². The van der Waals surface area contributed by atoms with Crippen molar-refractivity contribution in [2.45, 2.75) is 26.0 Å². The van der Waals surface area contributed by atoms with Crippen LogP contribution in [0, 0.1) is 10.1 Å². The maximum Gasteiger partial charge on any atom is 0.273 e. The van der Waals surface area contributed by atoms with Gasteiger partial charge in [0.15, 0.2) is 0 Å². The van der Waals surface area contributed by atoms with Gasteiger partial charge in [-0.2, -0.15) is 0 Å². The summed E-state index contributed by atoms with van der Waals surface area (Å²) < 4.78 is 0.826. The fourth-order valence-corrected chi connectivity index (χ4v) is 2.04. The Hall–Kier alpha value is -0.980. The Kier molecular flexibility index (Phi) is 5.71. The highest BCUT2D eigenvalue weighted by Crippen LogP contribution is 2.24. The largest absolute Gasteiger partial charge is 0.393 e. The lowest BCUT2D eigenvalue weighted by Crippen LogP contribution is -2.22. The van der Waals surface area contributed by atoms with Crippen LogP contribution in [0.1, 0.15) is 18.9 Å². The minimum Gasteiger partial charge on any atom is -0.393 e. The first-order valence-corrected chi connectivity index (χ1v) is 6.49. The minimum atomic E-state index is -0.371. The third-order valence-corrected chi connectivity index (χ3v) is 3.10. The van der Waals surface area contributed by atoms with Crippen molar-refractivity contribution in [2.75, 3.05) is 13.6 Å². The van der Waals surface area contributed by atoms with Crippen LogP contribution in [0.2, 0.25) is 0 Å². The molecule has 6 heteroatoms. The van der Waals surface area contributed by atoms with Gasteiger partial charge in [0.05, 0.1) is 11.0 Å². The first-order chi connectivity index (χ1) is 8.40. The lowest BCUT2D eigenvalue weighted by molar-refractivity contribution is -0.385. The van der Waals surface area contributed by atoms with E-state index in [1.54, 1.807) is 19.1 Å². The SMILES string of the molecule is CC(O)CCN(C)Cc1cc(Br)ccc1[N+](=O)[O-]. The highest BCUT2D eigenvalue weighted by atomic mass is 79.9. The van der Waals surface area contributed by atoms with Gasteiger partial charge >= 0.3 is 0 Å². The second-order valence-corrected chi connectivity index (χ2v) is 5.32. The highest BCUT2D eigenvalue weighted by Gasteiger charge is 2.15. The van der Waals surface area contributed by atoms with Gasteiger partial charge in [-0.15, -0.1) is 0 Å². The number of benzene rings is 1. The van der Waals surface area contributed by atoms with Crippen molar-refractivity contribution >= 4 is 21.6 Å². The zero-order chi connectivity index (χ0) is 13.7. The molecule has 1 aromatic rings. The maximum atomic E-state index is 10.9. The summed E-state index contributed by atoms with van der Waals surface area (Å²) in [5, 5.41) is 20.1. The van der Waals surface area contributed by atoms with Crippen molar-refractivity contribution in [3.8, 4) is 0 Å². The quantitative estimate of drug-likeness (QED) is 0.647. The number of hydrogen-bond acceptors (Lipinski definition) is 4. The van der Waals surface area contributed by atoms with Gasteiger partial charge in [-0.25, -0.2) is 0 Å². The van der Waals surface area contributed by atoms with Crippen molar-refractivity contribution in [1.82, 2.24) is 4.90 Å². The molecule has 0 radical (unpaired) electrons. The monoisotopic (exact) mass is 316 g/mol. The fraction of sp³-hybridized carbons (Fsp3) is 0.500. The molecule has 0 amide bonds. The van der Waals surface area contributed by atoms with Gasteiger partial charge in [-0.3, -0.25) is 10.1 Å². The highest BCUT2D eigenvalue weighted by molar-refractivity contribution is 9.10. The van der Waals surface area contributed by atoms with Gasteiger partial charge in [-0.1, -0.05) is 15.9 Å². The number of hydrogen-bond donors (Lipinski definition) is 1. The van der Waals surface area contributed by atoms with Gasteiger partial charge in [0.25, 0.3) is 5.69 Å². The van der Waals surface area contributed by atoms with Crippen molar-refractivity contribution in [1.29, 1.82) is 0 Å². The van der Waals surface area contributed by atoms with Gasteiger partial charge in [0, 0.05) is 29.2 Å². The van der Waals surface area contributed by atoms with Crippen LogP contribution in [0.25, 0.3) is 0 Å². The lowest BCUT2D eigenvalue weighted by atomic mass is 10.1. The van der Waals surface area contributed by atoms with Crippen molar-refractivity contribution in [3.63, 3.8) is 0 Å². The summed E-state index contributed by atoms with van der Waals surface area (Å²) in [6.45, 7) is 2.92. The average molecular weight is 317 g/mol. The molecule has 1 atom stereocenters. The molecule has 0 aliphatic carbocycles. The molecule has 0 saturated carbocycles. The molecule has 0 heterocycles. The van der Waals surface area contributed by atoms with E-state index in [9.17, 15) is 15.2 Å². The molecule has 0 spiro atoms. The zero-order valence-corrected chi connectivity index (χ0v) is 12.1. The molecule has 5 nitrogen and oxygen atoms in total. The third kappa shape index (κ3) is 4.72. The number of halogens is 1. The van der Waals surface area contributed by atoms with Crippen LogP contribution in [0.3, 0.4) is 0 Å². The number of nitro groups is 1. The fourth-order valence-electron chi connectivity index (χ4n) is 1.64. The first-order valence-electron chi connectivity index (χ1n) is 5.69. The van der Waals surface area contributed by atoms with E-state index < -0.39 is 0 Å². The molecule has 1 aromatic carbocycles. The topological polar surface area (TPSA) is 66.6 Å². The molecule has 0 saturated heterocycles. The van der Waals surface area contributed by atoms with Crippen LogP contribution in [0.4, 0.5) is 5.69 Å². The Labute approximate surface area is 115 Å². The van der Waals surface area contributed by atoms with Crippen LogP contribution in [0.5, 0.6) is 0 Å². The summed E-state index contributed by atoms with van der Waals surface area (Å²) >= 11 is 3.32. The van der Waals surface area contributed by atoms with E-state index in [1.807, 2.05) is 11.9 Å². The van der Waals surface area contributed by atoms with E-state index in [1.165, 1.54) is 6.07 Å². The molecule has 0 aliphatic heterocycles. The minimum absolute atomic E-state index is 0.127. The van der Waals surface area contributed by atoms with E-state index in [-0.39, 0.29) is 16.7 Å². The summed E-state index contributed by atoms with van der Waals surface area (Å²) in [6.07, 6.45) is 0.295. The Morgan fingerprint density at radius 2 is 2.22 bits per heavy atom. The van der Waals surface area contributed by atoms with Crippen LogP contribution < -0.4 is 0 Å².